The van der Waals surface area contributed by atoms with Crippen LogP contribution in [0, 0.1) is 0 Å². The van der Waals surface area contributed by atoms with Crippen molar-refractivity contribution >= 4 is 35.0 Å². The maximum absolute atomic E-state index is 12.1. The molecule has 0 radical (unpaired) electrons. The van der Waals surface area contributed by atoms with Crippen LogP contribution in [0.3, 0.4) is 0 Å². The molecule has 1 unspecified atom stereocenters. The van der Waals surface area contributed by atoms with Gasteiger partial charge in [-0.1, -0.05) is 23.7 Å². The minimum Gasteiger partial charge on any atom is -0.483 e. The molecule has 19 heavy (non-hydrogen) atoms. The van der Waals surface area contributed by atoms with Crippen molar-refractivity contribution in [2.24, 2.45) is 0 Å². The van der Waals surface area contributed by atoms with Crippen LogP contribution in [0.15, 0.2) is 36.4 Å². The fourth-order valence-corrected chi connectivity index (χ4v) is 2.63. The average Bonchev–Trinajstić information content (AvgIpc) is 2.84. The Labute approximate surface area is 119 Å². The lowest BCUT2D eigenvalue weighted by Gasteiger charge is -2.12. The van der Waals surface area contributed by atoms with Gasteiger partial charge < -0.3 is 4.74 Å². The van der Waals surface area contributed by atoms with Gasteiger partial charge in [0.15, 0.2) is 6.10 Å². The Morgan fingerprint density at radius 3 is 2.79 bits per heavy atom. The van der Waals surface area contributed by atoms with Crippen molar-refractivity contribution in [3.05, 3.63) is 51.2 Å². The summed E-state index contributed by atoms with van der Waals surface area (Å²) in [5, 5.41) is 0. The number of halogens is 1. The molecule has 0 fully saturated rings. The van der Waals surface area contributed by atoms with Gasteiger partial charge in [0.2, 0.25) is 5.78 Å². The van der Waals surface area contributed by atoms with E-state index in [2.05, 4.69) is 0 Å². The predicted octanol–water partition coefficient (Wildman–Crippen LogP) is 3.86. The number of ketones is 1. The number of carbonyl (C=O) groups excluding carboxylic acids is 2. The van der Waals surface area contributed by atoms with Gasteiger partial charge in [0.05, 0.1) is 9.21 Å². The van der Waals surface area contributed by atoms with E-state index in [0.29, 0.717) is 20.5 Å². The summed E-state index contributed by atoms with van der Waals surface area (Å²) in [5.41, 5.74) is 0.510. The first-order valence-corrected chi connectivity index (χ1v) is 6.81. The Morgan fingerprint density at radius 2 is 2.16 bits per heavy atom. The number of carbonyl (C=O) groups is 2. The van der Waals surface area contributed by atoms with Crippen molar-refractivity contribution in [1.29, 1.82) is 0 Å². The number of hydrogen-bond acceptors (Lipinski definition) is 4. The summed E-state index contributed by atoms with van der Waals surface area (Å²) >= 11 is 7.02. The van der Waals surface area contributed by atoms with Crippen LogP contribution in [0.25, 0.3) is 0 Å². The number of rotatable bonds is 5. The molecule has 0 N–H and O–H groups in total. The normalized spacial score (nSPS) is 11.9. The average molecular weight is 295 g/mol. The van der Waals surface area contributed by atoms with E-state index >= 15 is 0 Å². The van der Waals surface area contributed by atoms with Gasteiger partial charge in [-0.3, -0.25) is 9.59 Å². The van der Waals surface area contributed by atoms with Crippen molar-refractivity contribution in [2.45, 2.75) is 13.0 Å². The van der Waals surface area contributed by atoms with Gasteiger partial charge in [0, 0.05) is 5.56 Å². The van der Waals surface area contributed by atoms with Crippen LogP contribution in [0.5, 0.6) is 5.75 Å². The fourth-order valence-electron chi connectivity index (χ4n) is 1.57. The lowest BCUT2D eigenvalue weighted by molar-refractivity contribution is 0.0822. The third-order valence-electron chi connectivity index (χ3n) is 2.49. The maximum atomic E-state index is 12.1. The lowest BCUT2D eigenvalue weighted by atomic mass is 10.2. The zero-order valence-corrected chi connectivity index (χ0v) is 11.7. The van der Waals surface area contributed by atoms with Crippen LogP contribution in [-0.4, -0.2) is 18.2 Å². The molecule has 3 nitrogen and oxygen atoms in total. The molecule has 0 saturated heterocycles. The second kappa shape index (κ2) is 5.99. The van der Waals surface area contributed by atoms with Gasteiger partial charge in [-0.15, -0.1) is 11.3 Å². The first-order chi connectivity index (χ1) is 9.10. The highest BCUT2D eigenvalue weighted by molar-refractivity contribution is 7.18. The summed E-state index contributed by atoms with van der Waals surface area (Å²) in [5.74, 6) is 0.363. The lowest BCUT2D eigenvalue weighted by Crippen LogP contribution is -2.23. The van der Waals surface area contributed by atoms with Gasteiger partial charge in [0.1, 0.15) is 12.0 Å². The number of benzene rings is 1. The summed E-state index contributed by atoms with van der Waals surface area (Å²) in [6.45, 7) is 1.67. The molecule has 1 aromatic carbocycles. The van der Waals surface area contributed by atoms with E-state index in [1.807, 2.05) is 0 Å². The minimum absolute atomic E-state index is 0.131. The van der Waals surface area contributed by atoms with E-state index in [1.54, 1.807) is 43.3 Å². The van der Waals surface area contributed by atoms with Crippen molar-refractivity contribution in [1.82, 2.24) is 0 Å². The molecule has 1 atom stereocenters. The Hall–Kier alpha value is -1.65. The standard InChI is InChI=1S/C14H11ClO3S/c1-9(14(17)12-5-6-13(15)19-12)18-11-4-2-3-10(7-11)8-16/h2-9H,1H3. The molecule has 1 heterocycles. The number of hydrogen-bond donors (Lipinski definition) is 0. The minimum atomic E-state index is -0.628. The zero-order chi connectivity index (χ0) is 13.8. The smallest absolute Gasteiger partial charge is 0.212 e. The van der Waals surface area contributed by atoms with E-state index in [1.165, 1.54) is 11.3 Å². The van der Waals surface area contributed by atoms with Crippen molar-refractivity contribution in [2.75, 3.05) is 0 Å². The molecular formula is C14H11ClO3S. The van der Waals surface area contributed by atoms with Crippen LogP contribution in [0.1, 0.15) is 27.0 Å². The van der Waals surface area contributed by atoms with Crippen LogP contribution in [0.4, 0.5) is 0 Å². The number of thiophene rings is 1. The molecule has 1 aromatic heterocycles. The maximum Gasteiger partial charge on any atom is 0.212 e. The van der Waals surface area contributed by atoms with Gasteiger partial charge in [-0.2, -0.15) is 0 Å². The first-order valence-electron chi connectivity index (χ1n) is 5.61. The summed E-state index contributed by atoms with van der Waals surface area (Å²) in [6, 6.07) is 10.0. The van der Waals surface area contributed by atoms with E-state index in [0.717, 1.165) is 6.29 Å². The monoisotopic (exact) mass is 294 g/mol. The van der Waals surface area contributed by atoms with Gasteiger partial charge in [-0.25, -0.2) is 0 Å². The van der Waals surface area contributed by atoms with Crippen molar-refractivity contribution in [3.63, 3.8) is 0 Å². The highest BCUT2D eigenvalue weighted by Gasteiger charge is 2.18. The van der Waals surface area contributed by atoms with Crippen molar-refractivity contribution < 1.29 is 14.3 Å². The molecule has 98 valence electrons. The summed E-state index contributed by atoms with van der Waals surface area (Å²) in [6.07, 6.45) is 0.106. The fraction of sp³-hybridized carbons (Fsp3) is 0.143. The number of aldehydes is 1. The van der Waals surface area contributed by atoms with E-state index in [-0.39, 0.29) is 5.78 Å². The molecule has 2 rings (SSSR count). The Morgan fingerprint density at radius 1 is 1.37 bits per heavy atom. The van der Waals surface area contributed by atoms with Gasteiger partial charge in [-0.05, 0) is 31.2 Å². The van der Waals surface area contributed by atoms with E-state index in [4.69, 9.17) is 16.3 Å². The topological polar surface area (TPSA) is 43.4 Å². The molecule has 2 aromatic rings. The third-order valence-corrected chi connectivity index (χ3v) is 3.74. The molecule has 5 heteroatoms. The Kier molecular flexibility index (Phi) is 4.35. The van der Waals surface area contributed by atoms with Crippen LogP contribution in [-0.2, 0) is 0 Å². The molecule has 0 amide bonds. The number of Topliss-reactive ketones (excluding diaryl/α,β-unsaturated/α-hetero) is 1. The molecule has 0 aliphatic carbocycles. The molecular weight excluding hydrogens is 284 g/mol. The molecule has 0 saturated carbocycles. The summed E-state index contributed by atoms with van der Waals surface area (Å²) in [4.78, 5) is 23.3. The SMILES string of the molecule is CC(Oc1cccc(C=O)c1)C(=O)c1ccc(Cl)s1. The van der Waals surface area contributed by atoms with Gasteiger partial charge in [0.25, 0.3) is 0 Å². The van der Waals surface area contributed by atoms with Crippen LogP contribution >= 0.6 is 22.9 Å². The third kappa shape index (κ3) is 3.43. The van der Waals surface area contributed by atoms with Crippen molar-refractivity contribution in [3.8, 4) is 5.75 Å². The first kappa shape index (κ1) is 13.8. The Bertz CT molecular complexity index is 606. The largest absolute Gasteiger partial charge is 0.483 e. The second-order valence-corrected chi connectivity index (χ2v) is 5.63. The molecule has 0 aliphatic heterocycles. The highest BCUT2D eigenvalue weighted by Crippen LogP contribution is 2.24. The highest BCUT2D eigenvalue weighted by atomic mass is 35.5. The zero-order valence-electron chi connectivity index (χ0n) is 10.1. The second-order valence-electron chi connectivity index (χ2n) is 3.92. The molecule has 0 bridgehead atoms. The van der Waals surface area contributed by atoms with Crippen LogP contribution in [0.2, 0.25) is 4.34 Å². The van der Waals surface area contributed by atoms with E-state index in [9.17, 15) is 9.59 Å². The van der Waals surface area contributed by atoms with Gasteiger partial charge >= 0.3 is 0 Å². The van der Waals surface area contributed by atoms with Crippen LogP contribution < -0.4 is 4.74 Å². The summed E-state index contributed by atoms with van der Waals surface area (Å²) in [7, 11) is 0. The quantitative estimate of drug-likeness (QED) is 0.621. The summed E-state index contributed by atoms with van der Waals surface area (Å²) < 4.78 is 6.11. The molecule has 0 aliphatic rings. The predicted molar refractivity (Wildman–Crippen MR) is 75.6 cm³/mol. The number of ether oxygens (including phenoxy) is 1. The Balaban J connectivity index is 2.10. The van der Waals surface area contributed by atoms with E-state index < -0.39 is 6.10 Å². The molecule has 0 spiro atoms.